The highest BCUT2D eigenvalue weighted by atomic mass is 32.2. The molecule has 0 atom stereocenters. The molecule has 0 saturated heterocycles. The van der Waals surface area contributed by atoms with Crippen LogP contribution in [-0.2, 0) is 10.0 Å². The Balaban J connectivity index is 1.93. The van der Waals surface area contributed by atoms with Crippen molar-refractivity contribution in [3.8, 4) is 5.75 Å². The highest BCUT2D eigenvalue weighted by Gasteiger charge is 2.25. The molecule has 7 heteroatoms. The van der Waals surface area contributed by atoms with Crippen LogP contribution in [0.3, 0.4) is 0 Å². The molecule has 6 nitrogen and oxygen atoms in total. The number of nitrogens with zero attached hydrogens (tertiary/aromatic N) is 1. The molecule has 1 amide bonds. The zero-order valence-corrected chi connectivity index (χ0v) is 17.2. The number of hydrogen-bond donors (Lipinski definition) is 1. The molecule has 0 heterocycles. The summed E-state index contributed by atoms with van der Waals surface area (Å²) in [5.74, 6) is 0.190. The molecule has 0 radical (unpaired) electrons. The third-order valence-corrected chi connectivity index (χ3v) is 6.28. The van der Waals surface area contributed by atoms with E-state index in [1.165, 1.54) is 7.05 Å². The van der Waals surface area contributed by atoms with Crippen molar-refractivity contribution in [1.29, 1.82) is 0 Å². The van der Waals surface area contributed by atoms with Crippen LogP contribution in [-0.4, -0.2) is 28.5 Å². The molecule has 0 aliphatic carbocycles. The molecule has 0 aromatic heterocycles. The van der Waals surface area contributed by atoms with E-state index >= 15 is 0 Å². The summed E-state index contributed by atoms with van der Waals surface area (Å²) in [6, 6.07) is 20.1. The number of carbonyl (C=O) groups is 1. The normalized spacial score (nSPS) is 11.0. The first-order valence-corrected chi connectivity index (χ1v) is 10.4. The van der Waals surface area contributed by atoms with Crippen molar-refractivity contribution >= 4 is 27.3 Å². The molecule has 0 saturated carbocycles. The van der Waals surface area contributed by atoms with E-state index in [-0.39, 0.29) is 16.1 Å². The second kappa shape index (κ2) is 8.36. The van der Waals surface area contributed by atoms with Gasteiger partial charge in [0.05, 0.1) is 23.3 Å². The minimum atomic E-state index is -3.82. The van der Waals surface area contributed by atoms with Gasteiger partial charge in [-0.1, -0.05) is 35.9 Å². The number of ether oxygens (including phenoxy) is 1. The molecule has 0 bridgehead atoms. The van der Waals surface area contributed by atoms with Gasteiger partial charge in [-0.15, -0.1) is 0 Å². The first kappa shape index (κ1) is 20.4. The van der Waals surface area contributed by atoms with Crippen LogP contribution < -0.4 is 14.4 Å². The van der Waals surface area contributed by atoms with Gasteiger partial charge in [-0.25, -0.2) is 8.42 Å². The molecule has 150 valence electrons. The minimum absolute atomic E-state index is 0.161. The molecule has 3 aromatic carbocycles. The van der Waals surface area contributed by atoms with Gasteiger partial charge in [0.15, 0.2) is 0 Å². The Morgan fingerprint density at radius 3 is 2.34 bits per heavy atom. The molecule has 0 spiro atoms. The lowest BCUT2D eigenvalue weighted by atomic mass is 10.1. The van der Waals surface area contributed by atoms with E-state index in [1.54, 1.807) is 79.9 Å². The number of carbonyl (C=O) groups excluding carboxylic acids is 1. The van der Waals surface area contributed by atoms with Gasteiger partial charge in [0, 0.05) is 18.8 Å². The third kappa shape index (κ3) is 4.41. The van der Waals surface area contributed by atoms with Crippen LogP contribution in [0.4, 0.5) is 11.4 Å². The van der Waals surface area contributed by atoms with Crippen molar-refractivity contribution in [2.45, 2.75) is 11.8 Å². The number of hydrogen-bond acceptors (Lipinski definition) is 4. The van der Waals surface area contributed by atoms with E-state index in [9.17, 15) is 13.2 Å². The highest BCUT2D eigenvalue weighted by Crippen LogP contribution is 2.27. The summed E-state index contributed by atoms with van der Waals surface area (Å²) in [6.45, 7) is 1.89. The van der Waals surface area contributed by atoms with Crippen molar-refractivity contribution in [1.82, 2.24) is 0 Å². The average molecular weight is 410 g/mol. The Labute approximate surface area is 170 Å². The standard InChI is InChI=1S/C22H22N2O4S/c1-16-11-13-19(14-12-16)29(26,27)24(2)21-10-5-4-9-20(21)22(25)23-17-7-6-8-18(15-17)28-3/h4-15H,1-3H3,(H,23,25). The predicted octanol–water partition coefficient (Wildman–Crippen LogP) is 4.08. The number of methoxy groups -OCH3 is 1. The molecule has 0 unspecified atom stereocenters. The third-order valence-electron chi connectivity index (χ3n) is 4.49. The molecule has 29 heavy (non-hydrogen) atoms. The van der Waals surface area contributed by atoms with Gasteiger partial charge >= 0.3 is 0 Å². The van der Waals surface area contributed by atoms with Gasteiger partial charge in [-0.05, 0) is 43.3 Å². The smallest absolute Gasteiger partial charge is 0.264 e. The highest BCUT2D eigenvalue weighted by molar-refractivity contribution is 7.92. The Hall–Kier alpha value is -3.32. The predicted molar refractivity (Wildman–Crippen MR) is 114 cm³/mol. The van der Waals surface area contributed by atoms with E-state index in [1.807, 2.05) is 6.92 Å². The Morgan fingerprint density at radius 1 is 0.966 bits per heavy atom. The quantitative estimate of drug-likeness (QED) is 0.664. The van der Waals surface area contributed by atoms with Crippen LogP contribution in [0.15, 0.2) is 77.7 Å². The lowest BCUT2D eigenvalue weighted by Crippen LogP contribution is -2.29. The maximum Gasteiger partial charge on any atom is 0.264 e. The number of amides is 1. The van der Waals surface area contributed by atoms with Gasteiger partial charge in [0.1, 0.15) is 5.75 Å². The molecule has 0 fully saturated rings. The van der Waals surface area contributed by atoms with Gasteiger partial charge < -0.3 is 10.1 Å². The zero-order valence-electron chi connectivity index (χ0n) is 16.4. The van der Waals surface area contributed by atoms with Crippen LogP contribution in [0.2, 0.25) is 0 Å². The molecule has 3 aromatic rings. The van der Waals surface area contributed by atoms with Gasteiger partial charge in [-0.2, -0.15) is 0 Å². The summed E-state index contributed by atoms with van der Waals surface area (Å²) in [5, 5.41) is 2.79. The summed E-state index contributed by atoms with van der Waals surface area (Å²) in [6.07, 6.45) is 0. The molecular weight excluding hydrogens is 388 g/mol. The molecular formula is C22H22N2O4S. The first-order valence-electron chi connectivity index (χ1n) is 8.93. The fourth-order valence-electron chi connectivity index (χ4n) is 2.84. The summed E-state index contributed by atoms with van der Waals surface area (Å²) in [7, 11) is -0.835. The number of sulfonamides is 1. The topological polar surface area (TPSA) is 75.7 Å². The maximum absolute atomic E-state index is 13.0. The van der Waals surface area contributed by atoms with Crippen LogP contribution in [0.1, 0.15) is 15.9 Å². The van der Waals surface area contributed by atoms with Crippen molar-refractivity contribution in [3.05, 3.63) is 83.9 Å². The zero-order chi connectivity index (χ0) is 21.0. The molecule has 1 N–H and O–H groups in total. The largest absolute Gasteiger partial charge is 0.497 e. The van der Waals surface area contributed by atoms with Crippen LogP contribution in [0.25, 0.3) is 0 Å². The number of anilines is 2. The summed E-state index contributed by atoms with van der Waals surface area (Å²) < 4.78 is 32.4. The fourth-order valence-corrected chi connectivity index (χ4v) is 4.05. The fraction of sp³-hybridized carbons (Fsp3) is 0.136. The monoisotopic (exact) mass is 410 g/mol. The number of aryl methyl sites for hydroxylation is 1. The Kier molecular flexibility index (Phi) is 5.89. The van der Waals surface area contributed by atoms with E-state index in [4.69, 9.17) is 4.74 Å². The Morgan fingerprint density at radius 2 is 1.66 bits per heavy atom. The van der Waals surface area contributed by atoms with E-state index in [0.717, 1.165) is 9.87 Å². The van der Waals surface area contributed by atoms with Crippen LogP contribution in [0.5, 0.6) is 5.75 Å². The first-order chi connectivity index (χ1) is 13.8. The SMILES string of the molecule is COc1cccc(NC(=O)c2ccccc2N(C)S(=O)(=O)c2ccc(C)cc2)c1. The van der Waals surface area contributed by atoms with Gasteiger partial charge in [0.2, 0.25) is 0 Å². The van der Waals surface area contributed by atoms with Crippen molar-refractivity contribution in [2.24, 2.45) is 0 Å². The number of para-hydroxylation sites is 1. The van der Waals surface area contributed by atoms with Crippen LogP contribution in [0, 0.1) is 6.92 Å². The number of rotatable bonds is 6. The van der Waals surface area contributed by atoms with E-state index < -0.39 is 15.9 Å². The molecule has 0 aliphatic rings. The number of benzene rings is 3. The lowest BCUT2D eigenvalue weighted by Gasteiger charge is -2.22. The van der Waals surface area contributed by atoms with E-state index in [0.29, 0.717) is 11.4 Å². The summed E-state index contributed by atoms with van der Waals surface area (Å²) >= 11 is 0. The second-order valence-electron chi connectivity index (χ2n) is 6.49. The van der Waals surface area contributed by atoms with Crippen LogP contribution >= 0.6 is 0 Å². The number of nitrogens with one attached hydrogen (secondary N) is 1. The second-order valence-corrected chi connectivity index (χ2v) is 8.46. The molecule has 0 aliphatic heterocycles. The van der Waals surface area contributed by atoms with Crippen molar-refractivity contribution in [2.75, 3.05) is 23.8 Å². The summed E-state index contributed by atoms with van der Waals surface area (Å²) in [4.78, 5) is 13.0. The molecule has 3 rings (SSSR count). The lowest BCUT2D eigenvalue weighted by molar-refractivity contribution is 0.102. The van der Waals surface area contributed by atoms with Gasteiger partial charge in [-0.3, -0.25) is 9.10 Å². The van der Waals surface area contributed by atoms with Gasteiger partial charge in [0.25, 0.3) is 15.9 Å². The van der Waals surface area contributed by atoms with Crippen molar-refractivity contribution < 1.29 is 17.9 Å². The maximum atomic E-state index is 13.0. The average Bonchev–Trinajstić information content (AvgIpc) is 2.73. The minimum Gasteiger partial charge on any atom is -0.497 e. The Bertz CT molecular complexity index is 1130. The van der Waals surface area contributed by atoms with E-state index in [2.05, 4.69) is 5.32 Å². The van der Waals surface area contributed by atoms with Crippen molar-refractivity contribution in [3.63, 3.8) is 0 Å². The summed E-state index contributed by atoms with van der Waals surface area (Å²) in [5.41, 5.74) is 2.04.